The van der Waals surface area contributed by atoms with Crippen molar-refractivity contribution in [3.8, 4) is 5.75 Å². The third-order valence-electron chi connectivity index (χ3n) is 5.00. The summed E-state index contributed by atoms with van der Waals surface area (Å²) in [6.45, 7) is 0.654. The van der Waals surface area contributed by atoms with Crippen molar-refractivity contribution in [3.63, 3.8) is 0 Å². The normalized spacial score (nSPS) is 17.9. The highest BCUT2D eigenvalue weighted by molar-refractivity contribution is 6.52. The van der Waals surface area contributed by atoms with Crippen LogP contribution in [0, 0.1) is 0 Å². The molecule has 0 radical (unpaired) electrons. The number of carbonyl (C=O) groups excluding carboxylic acids is 2. The molecule has 0 spiro atoms. The average molecular weight is 391 g/mol. The number of aryl methyl sites for hydroxylation is 1. The van der Waals surface area contributed by atoms with Gasteiger partial charge in [0.15, 0.2) is 0 Å². The van der Waals surface area contributed by atoms with Gasteiger partial charge in [-0.2, -0.15) is 0 Å². The molecule has 0 bridgehead atoms. The van der Waals surface area contributed by atoms with Crippen molar-refractivity contribution in [1.82, 2.24) is 9.88 Å². The fraction of sp³-hybridized carbons (Fsp3) is 0.227. The second kappa shape index (κ2) is 7.89. The fourth-order valence-corrected chi connectivity index (χ4v) is 3.64. The van der Waals surface area contributed by atoms with Crippen LogP contribution in [-0.2, 0) is 16.1 Å². The predicted octanol–water partition coefficient (Wildman–Crippen LogP) is 2.55. The van der Waals surface area contributed by atoms with E-state index in [1.807, 2.05) is 47.2 Å². The van der Waals surface area contributed by atoms with Gasteiger partial charge in [-0.3, -0.25) is 14.9 Å². The number of amides is 2. The maximum Gasteiger partial charge on any atom is 0.273 e. The van der Waals surface area contributed by atoms with Crippen molar-refractivity contribution < 1.29 is 19.4 Å². The number of rotatable bonds is 6. The number of hydrogen-bond acceptors (Lipinski definition) is 5. The number of aliphatic hydroxyl groups excluding tert-OH is 1. The number of para-hydroxylation sites is 1. The molecule has 7 nitrogen and oxygen atoms in total. The number of hydrogen-bond donors (Lipinski definition) is 2. The van der Waals surface area contributed by atoms with Crippen molar-refractivity contribution in [1.29, 1.82) is 0 Å². The molecule has 0 saturated carbocycles. The number of benzene rings is 2. The zero-order chi connectivity index (χ0) is 20.4. The van der Waals surface area contributed by atoms with Crippen LogP contribution in [0.3, 0.4) is 0 Å². The summed E-state index contributed by atoms with van der Waals surface area (Å²) in [6, 6.07) is 14.7. The van der Waals surface area contributed by atoms with Gasteiger partial charge in [-0.05, 0) is 42.3 Å². The largest absolute Gasteiger partial charge is 0.497 e. The monoisotopic (exact) mass is 391 g/mol. The van der Waals surface area contributed by atoms with Crippen molar-refractivity contribution in [2.45, 2.75) is 18.9 Å². The molecule has 2 heterocycles. The molecular weight excluding hydrogens is 370 g/mol. The highest BCUT2D eigenvalue weighted by Crippen LogP contribution is 2.34. The Kier molecular flexibility index (Phi) is 5.14. The molecule has 1 aliphatic heterocycles. The Hall–Kier alpha value is -3.45. The van der Waals surface area contributed by atoms with Crippen LogP contribution in [0.1, 0.15) is 17.9 Å². The lowest BCUT2D eigenvalue weighted by molar-refractivity contribution is -0.124. The smallest absolute Gasteiger partial charge is 0.273 e. The van der Waals surface area contributed by atoms with Crippen LogP contribution >= 0.6 is 0 Å². The second-order valence-corrected chi connectivity index (χ2v) is 6.82. The summed E-state index contributed by atoms with van der Waals surface area (Å²) in [6.07, 6.45) is 2.44. The highest BCUT2D eigenvalue weighted by Gasteiger charge is 2.40. The Morgan fingerprint density at radius 3 is 2.69 bits per heavy atom. The van der Waals surface area contributed by atoms with E-state index in [1.54, 1.807) is 19.2 Å². The van der Waals surface area contributed by atoms with E-state index in [0.29, 0.717) is 30.0 Å². The molecule has 3 aromatic rings. The first kappa shape index (κ1) is 18.9. The van der Waals surface area contributed by atoms with E-state index >= 15 is 0 Å². The lowest BCUT2D eigenvalue weighted by Gasteiger charge is -2.07. The lowest BCUT2D eigenvalue weighted by atomic mass is 9.95. The third kappa shape index (κ3) is 3.52. The molecule has 1 aromatic heterocycles. The minimum absolute atomic E-state index is 0.0638. The Labute approximate surface area is 167 Å². The van der Waals surface area contributed by atoms with Gasteiger partial charge < -0.3 is 14.4 Å². The zero-order valence-electron chi connectivity index (χ0n) is 16.0. The molecule has 1 saturated heterocycles. The molecule has 1 atom stereocenters. The van der Waals surface area contributed by atoms with E-state index in [1.165, 1.54) is 0 Å². The summed E-state index contributed by atoms with van der Waals surface area (Å²) >= 11 is 0. The lowest BCUT2D eigenvalue weighted by Crippen LogP contribution is -2.22. The van der Waals surface area contributed by atoms with Crippen LogP contribution in [-0.4, -0.2) is 40.9 Å². The van der Waals surface area contributed by atoms with Gasteiger partial charge in [0.2, 0.25) is 5.91 Å². The molecule has 148 valence electrons. The van der Waals surface area contributed by atoms with E-state index in [2.05, 4.69) is 10.3 Å². The van der Waals surface area contributed by atoms with Gasteiger partial charge in [0.05, 0.1) is 12.8 Å². The van der Waals surface area contributed by atoms with Gasteiger partial charge in [0.25, 0.3) is 5.91 Å². The summed E-state index contributed by atoms with van der Waals surface area (Å²) in [5, 5.41) is 12.4. The first-order chi connectivity index (χ1) is 14.1. The number of aliphatic hydroxyl groups is 1. The summed E-state index contributed by atoms with van der Waals surface area (Å²) in [4.78, 5) is 29.7. The molecular formula is C22H21N3O4. The predicted molar refractivity (Wildman–Crippen MR) is 110 cm³/mol. The molecule has 1 fully saturated rings. The van der Waals surface area contributed by atoms with Crippen molar-refractivity contribution in [3.05, 3.63) is 60.3 Å². The van der Waals surface area contributed by atoms with Crippen LogP contribution in [0.15, 0.2) is 59.7 Å². The molecule has 2 amide bonds. The maximum absolute atomic E-state index is 12.7. The van der Waals surface area contributed by atoms with Crippen LogP contribution in [0.5, 0.6) is 5.75 Å². The first-order valence-electron chi connectivity index (χ1n) is 9.39. The standard InChI is InChI=1S/C22H21N3O4/c1-29-15-8-9-18-16(12-15)17(13-25(18)10-5-11-26)19-20(22(28)24-21(19)27)23-14-6-3-2-4-7-14/h2-4,6-9,12-13,19,26H,5,10-11H2,1H3,(H,24,27,28). The number of carbonyl (C=O) groups is 2. The second-order valence-electron chi connectivity index (χ2n) is 6.82. The summed E-state index contributed by atoms with van der Waals surface area (Å²) in [5.74, 6) is -1.03. The molecule has 1 unspecified atom stereocenters. The van der Waals surface area contributed by atoms with Crippen molar-refractivity contribution in [2.75, 3.05) is 13.7 Å². The number of methoxy groups -OCH3 is 1. The molecule has 4 rings (SSSR count). The van der Waals surface area contributed by atoms with Gasteiger partial charge in [-0.25, -0.2) is 4.99 Å². The number of nitrogens with zero attached hydrogens (tertiary/aromatic N) is 2. The fourth-order valence-electron chi connectivity index (χ4n) is 3.64. The van der Waals surface area contributed by atoms with Gasteiger partial charge in [-0.15, -0.1) is 0 Å². The number of aliphatic imine (C=N–C) groups is 1. The van der Waals surface area contributed by atoms with Gasteiger partial charge in [0, 0.05) is 30.3 Å². The quantitative estimate of drug-likeness (QED) is 0.632. The third-order valence-corrected chi connectivity index (χ3v) is 5.00. The minimum atomic E-state index is -0.812. The van der Waals surface area contributed by atoms with Crippen LogP contribution in [0.4, 0.5) is 5.69 Å². The number of nitrogens with one attached hydrogen (secondary N) is 1. The number of fused-ring (bicyclic) bond motifs is 1. The summed E-state index contributed by atoms with van der Waals surface area (Å²) in [5.41, 5.74) is 2.37. The maximum atomic E-state index is 12.7. The SMILES string of the molecule is COc1ccc2c(c1)c(C1C(=O)NC(=O)C1=Nc1ccccc1)cn2CCCO. The number of aromatic nitrogens is 1. The molecule has 2 aromatic carbocycles. The number of imide groups is 1. The molecule has 1 aliphatic rings. The average Bonchev–Trinajstić information content (AvgIpc) is 3.22. The van der Waals surface area contributed by atoms with Crippen LogP contribution in [0.2, 0.25) is 0 Å². The Morgan fingerprint density at radius 2 is 1.97 bits per heavy atom. The van der Waals surface area contributed by atoms with E-state index in [-0.39, 0.29) is 12.3 Å². The molecule has 2 N–H and O–H groups in total. The first-order valence-corrected chi connectivity index (χ1v) is 9.39. The van der Waals surface area contributed by atoms with Crippen molar-refractivity contribution in [2.24, 2.45) is 4.99 Å². The Balaban J connectivity index is 1.88. The van der Waals surface area contributed by atoms with Crippen LogP contribution < -0.4 is 10.1 Å². The van der Waals surface area contributed by atoms with E-state index in [9.17, 15) is 14.7 Å². The van der Waals surface area contributed by atoms with E-state index < -0.39 is 17.7 Å². The highest BCUT2D eigenvalue weighted by atomic mass is 16.5. The molecule has 29 heavy (non-hydrogen) atoms. The summed E-state index contributed by atoms with van der Waals surface area (Å²) < 4.78 is 7.34. The van der Waals surface area contributed by atoms with Crippen LogP contribution in [0.25, 0.3) is 10.9 Å². The van der Waals surface area contributed by atoms with Crippen molar-refractivity contribution >= 4 is 34.1 Å². The van der Waals surface area contributed by atoms with Gasteiger partial charge >= 0.3 is 0 Å². The minimum Gasteiger partial charge on any atom is -0.497 e. The Morgan fingerprint density at radius 1 is 1.17 bits per heavy atom. The molecule has 7 heteroatoms. The number of ether oxygens (including phenoxy) is 1. The molecule has 0 aliphatic carbocycles. The van der Waals surface area contributed by atoms with E-state index in [0.717, 1.165) is 10.9 Å². The Bertz CT molecular complexity index is 1100. The van der Waals surface area contributed by atoms with Gasteiger partial charge in [-0.1, -0.05) is 18.2 Å². The topological polar surface area (TPSA) is 92.9 Å². The summed E-state index contributed by atoms with van der Waals surface area (Å²) in [7, 11) is 1.58. The van der Waals surface area contributed by atoms with Gasteiger partial charge in [0.1, 0.15) is 17.4 Å². The zero-order valence-corrected chi connectivity index (χ0v) is 16.0. The van der Waals surface area contributed by atoms with E-state index in [4.69, 9.17) is 4.74 Å².